The third-order valence-corrected chi connectivity index (χ3v) is 6.62. The van der Waals surface area contributed by atoms with Gasteiger partial charge in [0.15, 0.2) is 0 Å². The third-order valence-electron chi connectivity index (χ3n) is 5.50. The van der Waals surface area contributed by atoms with E-state index in [0.29, 0.717) is 0 Å². The van der Waals surface area contributed by atoms with Gasteiger partial charge in [-0.25, -0.2) is 0 Å². The van der Waals surface area contributed by atoms with Crippen LogP contribution < -0.4 is 0 Å². The fraction of sp³-hybridized carbons (Fsp3) is 0.385. The van der Waals surface area contributed by atoms with Crippen molar-refractivity contribution in [3.8, 4) is 23.7 Å². The summed E-state index contributed by atoms with van der Waals surface area (Å²) in [6.07, 6.45) is -5.89. The quantitative estimate of drug-likeness (QED) is 0.311. The van der Waals surface area contributed by atoms with Crippen molar-refractivity contribution >= 4 is 11.8 Å². The molecule has 0 bridgehead atoms. The highest BCUT2D eigenvalue weighted by molar-refractivity contribution is 7.99. The molecular weight excluding hydrogens is 458 g/mol. The van der Waals surface area contributed by atoms with Gasteiger partial charge in [-0.2, -0.15) is 26.3 Å². The van der Waals surface area contributed by atoms with Crippen LogP contribution in [0.4, 0.5) is 26.3 Å². The molecule has 2 fully saturated rings. The first-order valence-corrected chi connectivity index (χ1v) is 11.4. The summed E-state index contributed by atoms with van der Waals surface area (Å²) in [5.74, 6) is 11.3. The maximum atomic E-state index is 13.9. The molecule has 4 rings (SSSR count). The summed E-state index contributed by atoms with van der Waals surface area (Å²) in [6.45, 7) is 2.72. The molecule has 0 radical (unpaired) electrons. The number of hydrogen-bond donors (Lipinski definition) is 0. The van der Waals surface area contributed by atoms with Crippen molar-refractivity contribution in [3.63, 3.8) is 0 Å². The smallest absolute Gasteiger partial charge is 0.166 e. The Bertz CT molecular complexity index is 1110. The van der Waals surface area contributed by atoms with Gasteiger partial charge in [0.2, 0.25) is 0 Å². The van der Waals surface area contributed by atoms with Crippen LogP contribution in [0.3, 0.4) is 0 Å². The summed E-state index contributed by atoms with van der Waals surface area (Å²) in [7, 11) is 0. The zero-order valence-corrected chi connectivity index (χ0v) is 18.8. The van der Waals surface area contributed by atoms with Gasteiger partial charge in [0.05, 0.1) is 22.3 Å². The van der Waals surface area contributed by atoms with Gasteiger partial charge < -0.3 is 0 Å². The Balaban J connectivity index is 1.88. The van der Waals surface area contributed by atoms with E-state index in [9.17, 15) is 26.3 Å². The molecule has 2 aromatic carbocycles. The monoisotopic (exact) mass is 478 g/mol. The van der Waals surface area contributed by atoms with Crippen LogP contribution in [-0.2, 0) is 12.4 Å². The van der Waals surface area contributed by atoms with E-state index in [4.69, 9.17) is 0 Å². The summed E-state index contributed by atoms with van der Waals surface area (Å²) < 4.78 is 83.3. The Labute approximate surface area is 193 Å². The molecule has 172 valence electrons. The molecule has 0 N–H and O–H groups in total. The lowest BCUT2D eigenvalue weighted by atomic mass is 10.0. The second-order valence-electron chi connectivity index (χ2n) is 8.45. The van der Waals surface area contributed by atoms with Gasteiger partial charge >= 0.3 is 12.4 Å². The minimum Gasteiger partial charge on any atom is -0.166 e. The minimum absolute atomic E-state index is 0.0283. The first kappa shape index (κ1) is 23.6. The van der Waals surface area contributed by atoms with Crippen LogP contribution >= 0.6 is 11.8 Å². The largest absolute Gasteiger partial charge is 0.417 e. The highest BCUT2D eigenvalue weighted by Gasteiger charge is 2.38. The van der Waals surface area contributed by atoms with E-state index in [1.807, 2.05) is 0 Å². The molecule has 0 nitrogen and oxygen atoms in total. The molecule has 2 aliphatic carbocycles. The van der Waals surface area contributed by atoms with Crippen LogP contribution in [0.1, 0.15) is 59.1 Å². The average Bonchev–Trinajstić information content (AvgIpc) is 3.60. The van der Waals surface area contributed by atoms with E-state index < -0.39 is 23.5 Å². The summed E-state index contributed by atoms with van der Waals surface area (Å²) in [5.41, 5.74) is -1.99. The molecule has 0 unspecified atom stereocenters. The highest BCUT2D eigenvalue weighted by atomic mass is 32.2. The van der Waals surface area contributed by atoms with Crippen LogP contribution in [0.5, 0.6) is 0 Å². The van der Waals surface area contributed by atoms with Gasteiger partial charge in [-0.15, -0.1) is 0 Å². The number of alkyl halides is 6. The van der Waals surface area contributed by atoms with Crippen LogP contribution in [0.15, 0.2) is 34.1 Å². The van der Waals surface area contributed by atoms with Gasteiger partial charge in [-0.05, 0) is 62.8 Å². The van der Waals surface area contributed by atoms with Gasteiger partial charge in [0.25, 0.3) is 0 Å². The molecule has 0 spiro atoms. The molecule has 2 aromatic rings. The zero-order chi connectivity index (χ0) is 24.0. The van der Waals surface area contributed by atoms with Crippen molar-refractivity contribution in [1.29, 1.82) is 0 Å². The van der Waals surface area contributed by atoms with E-state index >= 15 is 0 Å². The van der Waals surface area contributed by atoms with E-state index in [1.165, 1.54) is 38.1 Å². The maximum absolute atomic E-state index is 13.9. The second-order valence-corrected chi connectivity index (χ2v) is 9.53. The Morgan fingerprint density at radius 2 is 1.03 bits per heavy atom. The number of aryl methyl sites for hydroxylation is 2. The molecule has 7 heteroatoms. The molecule has 0 atom stereocenters. The van der Waals surface area contributed by atoms with Crippen LogP contribution in [0.2, 0.25) is 0 Å². The second kappa shape index (κ2) is 8.69. The molecular formula is C26H20F6S. The Hall–Kier alpha value is -2.51. The maximum Gasteiger partial charge on any atom is 0.417 e. The van der Waals surface area contributed by atoms with E-state index in [1.54, 1.807) is 0 Å². The van der Waals surface area contributed by atoms with Crippen molar-refractivity contribution in [3.05, 3.63) is 57.6 Å². The Morgan fingerprint density at radius 1 is 0.667 bits per heavy atom. The van der Waals surface area contributed by atoms with Crippen molar-refractivity contribution < 1.29 is 26.3 Å². The zero-order valence-electron chi connectivity index (χ0n) is 18.0. The van der Waals surface area contributed by atoms with Crippen LogP contribution in [0.25, 0.3) is 0 Å². The normalized spacial score (nSPS) is 16.0. The predicted molar refractivity (Wildman–Crippen MR) is 116 cm³/mol. The molecule has 2 saturated carbocycles. The van der Waals surface area contributed by atoms with Crippen molar-refractivity contribution in [2.75, 3.05) is 0 Å². The third kappa shape index (κ3) is 5.53. The summed E-state index contributed by atoms with van der Waals surface area (Å²) in [4.78, 5) is 0.347. The van der Waals surface area contributed by atoms with Crippen LogP contribution in [-0.4, -0.2) is 0 Å². The lowest BCUT2D eigenvalue weighted by Crippen LogP contribution is -2.12. The van der Waals surface area contributed by atoms with E-state index in [2.05, 4.69) is 23.7 Å². The summed E-state index contributed by atoms with van der Waals surface area (Å²) in [6, 6.07) is 5.67. The van der Waals surface area contributed by atoms with E-state index in [0.717, 1.165) is 37.4 Å². The Morgan fingerprint density at radius 3 is 1.33 bits per heavy atom. The van der Waals surface area contributed by atoms with Gasteiger partial charge in [-0.3, -0.25) is 0 Å². The Kier molecular flexibility index (Phi) is 6.22. The molecule has 0 aromatic heterocycles. The van der Waals surface area contributed by atoms with Gasteiger partial charge in [0, 0.05) is 21.6 Å². The summed E-state index contributed by atoms with van der Waals surface area (Å²) in [5, 5.41) is 0. The number of halogens is 6. The molecule has 0 amide bonds. The number of benzene rings is 2. The molecule has 33 heavy (non-hydrogen) atoms. The fourth-order valence-corrected chi connectivity index (χ4v) is 4.47. The van der Waals surface area contributed by atoms with Crippen molar-refractivity contribution in [1.82, 2.24) is 0 Å². The molecule has 2 aliphatic rings. The van der Waals surface area contributed by atoms with Crippen molar-refractivity contribution in [2.24, 2.45) is 11.8 Å². The van der Waals surface area contributed by atoms with Gasteiger partial charge in [0.1, 0.15) is 0 Å². The SMILES string of the molecule is Cc1ccc(Sc2ccc(C)c(C(F)(F)F)c2C#CC2CC2)c(C#CC2CC2)c1C(F)(F)F. The molecule has 0 saturated heterocycles. The van der Waals surface area contributed by atoms with Crippen LogP contribution in [0, 0.1) is 49.4 Å². The lowest BCUT2D eigenvalue weighted by molar-refractivity contribution is -0.139. The molecule has 0 aliphatic heterocycles. The van der Waals surface area contributed by atoms with E-state index in [-0.39, 0.29) is 43.9 Å². The standard InChI is InChI=1S/C26H20F6S/c1-15-3-13-21(19(11-9-17-5-6-17)23(15)25(27,28)29)33-22-14-4-16(2)24(26(30,31)32)20(22)12-10-18-7-8-18/h3-4,13-14,17-18H,5-8H2,1-2H3. The lowest BCUT2D eigenvalue weighted by Gasteiger charge is -2.18. The molecule has 0 heterocycles. The number of rotatable bonds is 2. The average molecular weight is 479 g/mol. The first-order valence-electron chi connectivity index (χ1n) is 10.6. The topological polar surface area (TPSA) is 0 Å². The fourth-order valence-electron chi connectivity index (χ4n) is 3.45. The minimum atomic E-state index is -4.63. The predicted octanol–water partition coefficient (Wildman–Crippen LogP) is 8.02. The van der Waals surface area contributed by atoms with Crippen molar-refractivity contribution in [2.45, 2.75) is 61.7 Å². The summed E-state index contributed by atoms with van der Waals surface area (Å²) >= 11 is 0.858. The number of hydrogen-bond acceptors (Lipinski definition) is 1. The highest BCUT2D eigenvalue weighted by Crippen LogP contribution is 2.44. The first-order chi connectivity index (χ1) is 15.4. The van der Waals surface area contributed by atoms with Gasteiger partial charge in [-0.1, -0.05) is 47.6 Å².